The summed E-state index contributed by atoms with van der Waals surface area (Å²) in [4.78, 5) is 3.22. The van der Waals surface area contributed by atoms with Gasteiger partial charge in [0.15, 0.2) is 0 Å². The largest absolute Gasteiger partial charge is 0.488 e. The minimum absolute atomic E-state index is 0.0178. The van der Waals surface area contributed by atoms with Gasteiger partial charge in [0.2, 0.25) is 0 Å². The number of pyridine rings is 1. The first-order chi connectivity index (χ1) is 9.60. The Kier molecular flexibility index (Phi) is 4.13. The first-order valence-corrected chi connectivity index (χ1v) is 7.38. The maximum Gasteiger partial charge on any atom is 0.433 e. The number of ether oxygens (including phenoxy) is 1. The van der Waals surface area contributed by atoms with Crippen LogP contribution >= 0.6 is 0 Å². The molecule has 0 spiro atoms. The second-order valence-corrected chi connectivity index (χ2v) is 6.86. The summed E-state index contributed by atoms with van der Waals surface area (Å²) >= 11 is 0. The Morgan fingerprint density at radius 2 is 2.00 bits per heavy atom. The van der Waals surface area contributed by atoms with Gasteiger partial charge in [0.05, 0.1) is 13.1 Å². The molecule has 10 heteroatoms. The van der Waals surface area contributed by atoms with Crippen molar-refractivity contribution in [1.82, 2.24) is 13.6 Å². The summed E-state index contributed by atoms with van der Waals surface area (Å²) in [7, 11) is -0.693. The third-order valence-corrected chi connectivity index (χ3v) is 4.80. The van der Waals surface area contributed by atoms with Gasteiger partial charge in [-0.25, -0.2) is 0 Å². The summed E-state index contributed by atoms with van der Waals surface area (Å²) in [5, 5.41) is 0. The molecule has 0 radical (unpaired) electrons. The van der Waals surface area contributed by atoms with Gasteiger partial charge in [0.25, 0.3) is 10.2 Å². The van der Waals surface area contributed by atoms with E-state index in [2.05, 4.69) is 4.98 Å². The third-order valence-electron chi connectivity index (χ3n) is 2.93. The van der Waals surface area contributed by atoms with Gasteiger partial charge in [0.1, 0.15) is 17.5 Å². The van der Waals surface area contributed by atoms with E-state index in [1.54, 1.807) is 0 Å². The average Bonchev–Trinajstić information content (AvgIpc) is 2.32. The zero-order chi connectivity index (χ0) is 15.8. The number of hydrogen-bond acceptors (Lipinski definition) is 4. The van der Waals surface area contributed by atoms with Crippen molar-refractivity contribution in [1.29, 1.82) is 0 Å². The molecule has 2 rings (SSSR count). The number of nitrogens with zero attached hydrogens (tertiary/aromatic N) is 3. The zero-order valence-corrected chi connectivity index (χ0v) is 12.1. The molecule has 0 bridgehead atoms. The van der Waals surface area contributed by atoms with Crippen molar-refractivity contribution in [3.63, 3.8) is 0 Å². The molecule has 2 heterocycles. The first kappa shape index (κ1) is 16.0. The molecule has 0 unspecified atom stereocenters. The van der Waals surface area contributed by atoms with Gasteiger partial charge in [-0.1, -0.05) is 0 Å². The van der Waals surface area contributed by atoms with Gasteiger partial charge < -0.3 is 4.74 Å². The quantitative estimate of drug-likeness (QED) is 0.827. The smallest absolute Gasteiger partial charge is 0.433 e. The number of halogens is 3. The summed E-state index contributed by atoms with van der Waals surface area (Å²) in [6, 6.07) is 2.10. The lowest BCUT2D eigenvalue weighted by Crippen LogP contribution is -2.58. The molecule has 0 aliphatic carbocycles. The molecule has 1 fully saturated rings. The molecule has 1 aromatic heterocycles. The van der Waals surface area contributed by atoms with E-state index in [1.807, 2.05) is 0 Å². The molecule has 1 saturated heterocycles. The van der Waals surface area contributed by atoms with Crippen molar-refractivity contribution in [2.45, 2.75) is 12.3 Å². The average molecular weight is 325 g/mol. The van der Waals surface area contributed by atoms with Crippen molar-refractivity contribution in [2.75, 3.05) is 27.2 Å². The standard InChI is InChI=1S/C11H14F3N3O3S/c1-16(2)21(18,19)17-6-9(7-17)20-8-3-4-15-10(5-8)11(12,13)14/h3-5,9H,6-7H2,1-2H3. The lowest BCUT2D eigenvalue weighted by Gasteiger charge is -2.38. The van der Waals surface area contributed by atoms with Crippen molar-refractivity contribution in [2.24, 2.45) is 0 Å². The summed E-state index contributed by atoms with van der Waals surface area (Å²) in [5.41, 5.74) is -1.04. The Morgan fingerprint density at radius 3 is 2.52 bits per heavy atom. The number of rotatable bonds is 4. The Balaban J connectivity index is 1.97. The van der Waals surface area contributed by atoms with Gasteiger partial charge in [-0.3, -0.25) is 4.98 Å². The van der Waals surface area contributed by atoms with E-state index in [0.717, 1.165) is 16.6 Å². The van der Waals surface area contributed by atoms with E-state index in [1.165, 1.54) is 24.5 Å². The topological polar surface area (TPSA) is 62.7 Å². The second-order valence-electron chi connectivity index (χ2n) is 4.72. The van der Waals surface area contributed by atoms with Crippen LogP contribution in [0.1, 0.15) is 5.69 Å². The summed E-state index contributed by atoms with van der Waals surface area (Å²) < 4.78 is 68.5. The molecule has 6 nitrogen and oxygen atoms in total. The highest BCUT2D eigenvalue weighted by Gasteiger charge is 2.39. The van der Waals surface area contributed by atoms with Crippen LogP contribution in [0.15, 0.2) is 18.3 Å². The van der Waals surface area contributed by atoms with E-state index >= 15 is 0 Å². The number of aromatic nitrogens is 1. The van der Waals surface area contributed by atoms with E-state index in [4.69, 9.17) is 4.74 Å². The predicted molar refractivity (Wildman–Crippen MR) is 67.8 cm³/mol. The molecule has 0 N–H and O–H groups in total. The first-order valence-electron chi connectivity index (χ1n) is 5.98. The monoisotopic (exact) mass is 325 g/mol. The predicted octanol–water partition coefficient (Wildman–Crippen LogP) is 0.970. The lowest BCUT2D eigenvalue weighted by molar-refractivity contribution is -0.141. The Morgan fingerprint density at radius 1 is 1.38 bits per heavy atom. The number of alkyl halides is 3. The molecule has 118 valence electrons. The Bertz CT molecular complexity index is 613. The van der Waals surface area contributed by atoms with Crippen LogP contribution in [-0.2, 0) is 16.4 Å². The molecule has 0 saturated carbocycles. The van der Waals surface area contributed by atoms with Crippen LogP contribution in [0.5, 0.6) is 5.75 Å². The fraction of sp³-hybridized carbons (Fsp3) is 0.545. The molecule has 1 aliphatic heterocycles. The molecular formula is C11H14F3N3O3S. The van der Waals surface area contributed by atoms with Crippen LogP contribution in [0, 0.1) is 0 Å². The molecule has 0 aromatic carbocycles. The summed E-state index contributed by atoms with van der Waals surface area (Å²) in [6.07, 6.45) is -4.01. The Hall–Kier alpha value is -1.39. The maximum absolute atomic E-state index is 12.5. The third kappa shape index (κ3) is 3.44. The van der Waals surface area contributed by atoms with Crippen LogP contribution in [-0.4, -0.2) is 55.3 Å². The normalized spacial score (nSPS) is 17.8. The minimum Gasteiger partial charge on any atom is -0.488 e. The van der Waals surface area contributed by atoms with E-state index in [0.29, 0.717) is 0 Å². The SMILES string of the molecule is CN(C)S(=O)(=O)N1CC(Oc2ccnc(C(F)(F)F)c2)C1. The fourth-order valence-corrected chi connectivity index (χ4v) is 2.90. The van der Waals surface area contributed by atoms with Crippen molar-refractivity contribution in [3.05, 3.63) is 24.0 Å². The van der Waals surface area contributed by atoms with Crippen LogP contribution in [0.25, 0.3) is 0 Å². The van der Waals surface area contributed by atoms with Crippen molar-refractivity contribution in [3.8, 4) is 5.75 Å². The van der Waals surface area contributed by atoms with Gasteiger partial charge in [-0.2, -0.15) is 30.2 Å². The van der Waals surface area contributed by atoms with Crippen LogP contribution in [0.3, 0.4) is 0 Å². The van der Waals surface area contributed by atoms with E-state index in [9.17, 15) is 21.6 Å². The van der Waals surface area contributed by atoms with Crippen molar-refractivity contribution >= 4 is 10.2 Å². The molecule has 0 atom stereocenters. The van der Waals surface area contributed by atoms with Crippen LogP contribution in [0.4, 0.5) is 13.2 Å². The van der Waals surface area contributed by atoms with Gasteiger partial charge in [-0.15, -0.1) is 0 Å². The minimum atomic E-state index is -4.54. The molecular weight excluding hydrogens is 311 g/mol. The summed E-state index contributed by atoms with van der Waals surface area (Å²) in [6.45, 7) is 0.203. The van der Waals surface area contributed by atoms with Gasteiger partial charge in [0, 0.05) is 26.4 Å². The number of hydrogen-bond donors (Lipinski definition) is 0. The van der Waals surface area contributed by atoms with Crippen LogP contribution in [0.2, 0.25) is 0 Å². The maximum atomic E-state index is 12.5. The lowest BCUT2D eigenvalue weighted by atomic mass is 10.2. The summed E-state index contributed by atoms with van der Waals surface area (Å²) in [5.74, 6) is 0.0178. The zero-order valence-electron chi connectivity index (χ0n) is 11.3. The Labute approximate surface area is 120 Å². The second kappa shape index (κ2) is 5.43. The van der Waals surface area contributed by atoms with Gasteiger partial charge in [-0.05, 0) is 6.07 Å². The highest BCUT2D eigenvalue weighted by Crippen LogP contribution is 2.30. The molecule has 0 amide bonds. The molecule has 1 aliphatic rings. The van der Waals surface area contributed by atoms with E-state index < -0.39 is 28.2 Å². The van der Waals surface area contributed by atoms with Crippen molar-refractivity contribution < 1.29 is 26.3 Å². The fourth-order valence-electron chi connectivity index (χ4n) is 1.73. The molecule has 21 heavy (non-hydrogen) atoms. The highest BCUT2D eigenvalue weighted by molar-refractivity contribution is 7.86. The molecule has 1 aromatic rings. The van der Waals surface area contributed by atoms with E-state index in [-0.39, 0.29) is 18.8 Å². The highest BCUT2D eigenvalue weighted by atomic mass is 32.2. The van der Waals surface area contributed by atoms with Gasteiger partial charge >= 0.3 is 6.18 Å². The van der Waals surface area contributed by atoms with Crippen LogP contribution < -0.4 is 4.74 Å².